The van der Waals surface area contributed by atoms with Gasteiger partial charge in [-0.25, -0.2) is 0 Å². The minimum atomic E-state index is -3.16. The average molecular weight is 389 g/mol. The first-order chi connectivity index (χ1) is 12.3. The van der Waals surface area contributed by atoms with Gasteiger partial charge in [-0.2, -0.15) is 8.78 Å². The van der Waals surface area contributed by atoms with Gasteiger partial charge in [-0.1, -0.05) is 17.7 Å². The first kappa shape index (κ1) is 20.4. The average Bonchev–Trinajstić information content (AvgIpc) is 2.60. The Morgan fingerprint density at radius 3 is 2.35 bits per heavy atom. The number of ketones is 1. The molecule has 0 radical (unpaired) electrons. The van der Waals surface area contributed by atoms with Crippen molar-refractivity contribution in [2.75, 3.05) is 21.3 Å². The number of carbonyl (C=O) groups excluding carboxylic acids is 1. The van der Waals surface area contributed by atoms with Crippen molar-refractivity contribution in [1.82, 2.24) is 0 Å². The van der Waals surface area contributed by atoms with Crippen LogP contribution in [0.4, 0.5) is 8.78 Å². The molecule has 0 spiro atoms. The van der Waals surface area contributed by atoms with Crippen LogP contribution in [0, 0.1) is 12.8 Å². The summed E-state index contributed by atoms with van der Waals surface area (Å²) in [5.41, 5.74) is 0.794. The maximum absolute atomic E-state index is 13.2. The summed E-state index contributed by atoms with van der Waals surface area (Å²) in [4.78, 5) is 13.2. The highest BCUT2D eigenvalue weighted by Crippen LogP contribution is 2.41. The van der Waals surface area contributed by atoms with Gasteiger partial charge in [-0.05, 0) is 36.8 Å². The highest BCUT2D eigenvalue weighted by molar-refractivity contribution is 6.32. The lowest BCUT2D eigenvalue weighted by Crippen LogP contribution is -2.47. The fraction of sp³-hybridized carbons (Fsp3) is 0.389. The van der Waals surface area contributed by atoms with E-state index >= 15 is 0 Å². The van der Waals surface area contributed by atoms with Gasteiger partial charge in [0, 0.05) is 17.7 Å². The molecule has 26 heavy (non-hydrogen) atoms. The van der Waals surface area contributed by atoms with E-state index in [1.165, 1.54) is 45.6 Å². The van der Waals surface area contributed by atoms with E-state index in [9.17, 15) is 13.6 Å². The van der Waals surface area contributed by atoms with Gasteiger partial charge in [-0.15, -0.1) is 0 Å². The molecule has 1 aromatic carbocycles. The Hall–Kier alpha value is -1.96. The molecule has 8 heteroatoms. The zero-order valence-electron chi connectivity index (χ0n) is 14.7. The number of Topliss-reactive ketones (excluding diaryl/α,β-unsaturated/α-hetero) is 1. The lowest BCUT2D eigenvalue weighted by Gasteiger charge is -2.37. The second-order valence-electron chi connectivity index (χ2n) is 5.53. The lowest BCUT2D eigenvalue weighted by atomic mass is 9.84. The van der Waals surface area contributed by atoms with Gasteiger partial charge in [0.15, 0.2) is 17.3 Å². The van der Waals surface area contributed by atoms with E-state index in [1.54, 1.807) is 13.0 Å². The maximum Gasteiger partial charge on any atom is 0.347 e. The van der Waals surface area contributed by atoms with Crippen molar-refractivity contribution in [1.29, 1.82) is 0 Å². The van der Waals surface area contributed by atoms with Gasteiger partial charge in [0.1, 0.15) is 5.92 Å². The highest BCUT2D eigenvalue weighted by atomic mass is 35.5. The van der Waals surface area contributed by atoms with Gasteiger partial charge in [-0.3, -0.25) is 9.53 Å². The SMILES string of the molecule is COc1cc(C)c(C(=O)C2C(Cl)=CC=CC2(OC)OC(F)F)cc1OC. The quantitative estimate of drug-likeness (QED) is 0.520. The molecule has 1 aromatic rings. The molecule has 0 saturated heterocycles. The molecule has 0 amide bonds. The summed E-state index contributed by atoms with van der Waals surface area (Å²) in [7, 11) is 4.07. The summed E-state index contributed by atoms with van der Waals surface area (Å²) in [6.07, 6.45) is 4.08. The predicted octanol–water partition coefficient (Wildman–Crippen LogP) is 4.09. The third-order valence-corrected chi connectivity index (χ3v) is 4.46. The molecule has 0 bridgehead atoms. The molecule has 1 aliphatic carbocycles. The molecule has 2 unspecified atom stereocenters. The van der Waals surface area contributed by atoms with Crippen LogP contribution in [-0.4, -0.2) is 39.5 Å². The fourth-order valence-electron chi connectivity index (χ4n) is 2.85. The number of allylic oxidation sites excluding steroid dienone is 2. The number of halogens is 3. The molecule has 5 nitrogen and oxygen atoms in total. The largest absolute Gasteiger partial charge is 0.493 e. The van der Waals surface area contributed by atoms with Gasteiger partial charge >= 0.3 is 6.61 Å². The van der Waals surface area contributed by atoms with E-state index < -0.39 is 24.1 Å². The van der Waals surface area contributed by atoms with Crippen molar-refractivity contribution < 1.29 is 32.5 Å². The van der Waals surface area contributed by atoms with Crippen molar-refractivity contribution in [3.63, 3.8) is 0 Å². The molecule has 0 aliphatic heterocycles. The van der Waals surface area contributed by atoms with E-state index in [-0.39, 0.29) is 10.6 Å². The van der Waals surface area contributed by atoms with E-state index in [4.69, 9.17) is 25.8 Å². The summed E-state index contributed by atoms with van der Waals surface area (Å²) in [5, 5.41) is 0.0224. The maximum atomic E-state index is 13.2. The number of ether oxygens (including phenoxy) is 4. The van der Waals surface area contributed by atoms with Crippen LogP contribution in [0.25, 0.3) is 0 Å². The van der Waals surface area contributed by atoms with E-state index in [0.717, 1.165) is 0 Å². The Bertz CT molecular complexity index is 747. The third kappa shape index (κ3) is 3.75. The second-order valence-corrected chi connectivity index (χ2v) is 5.97. The van der Waals surface area contributed by atoms with Gasteiger partial charge < -0.3 is 14.2 Å². The molecule has 1 aliphatic rings. The topological polar surface area (TPSA) is 54.0 Å². The van der Waals surface area contributed by atoms with Crippen LogP contribution < -0.4 is 9.47 Å². The molecule has 2 rings (SSSR count). The third-order valence-electron chi connectivity index (χ3n) is 4.11. The molecular weight excluding hydrogens is 370 g/mol. The molecule has 0 heterocycles. The second kappa shape index (κ2) is 8.16. The molecule has 0 fully saturated rings. The predicted molar refractivity (Wildman–Crippen MR) is 92.0 cm³/mol. The Kier molecular flexibility index (Phi) is 6.39. The van der Waals surface area contributed by atoms with Gasteiger partial charge in [0.2, 0.25) is 5.79 Å². The first-order valence-corrected chi connectivity index (χ1v) is 8.00. The lowest BCUT2D eigenvalue weighted by molar-refractivity contribution is -0.290. The molecular formula is C18H19ClF2O5. The number of alkyl halides is 2. The first-order valence-electron chi connectivity index (χ1n) is 7.62. The van der Waals surface area contributed by atoms with Crippen LogP contribution in [0.3, 0.4) is 0 Å². The number of benzene rings is 1. The number of aryl methyl sites for hydroxylation is 1. The summed E-state index contributed by atoms with van der Waals surface area (Å²) in [6.45, 7) is -1.47. The van der Waals surface area contributed by atoms with Crippen LogP contribution in [0.2, 0.25) is 0 Å². The fourth-order valence-corrected chi connectivity index (χ4v) is 3.17. The van der Waals surface area contributed by atoms with Crippen LogP contribution in [-0.2, 0) is 9.47 Å². The zero-order chi connectivity index (χ0) is 19.5. The Morgan fingerprint density at radius 2 is 1.81 bits per heavy atom. The van der Waals surface area contributed by atoms with Crippen molar-refractivity contribution in [3.8, 4) is 11.5 Å². The summed E-state index contributed by atoms with van der Waals surface area (Å²) < 4.78 is 46.2. The number of methoxy groups -OCH3 is 3. The van der Waals surface area contributed by atoms with Crippen LogP contribution >= 0.6 is 11.6 Å². The summed E-state index contributed by atoms with van der Waals surface area (Å²) in [5.74, 6) is -3.10. The van der Waals surface area contributed by atoms with Crippen molar-refractivity contribution >= 4 is 17.4 Å². The molecule has 2 atom stereocenters. The number of carbonyl (C=O) groups is 1. The van der Waals surface area contributed by atoms with Gasteiger partial charge in [0.25, 0.3) is 0 Å². The number of rotatable bonds is 7. The Labute approximate surface area is 155 Å². The van der Waals surface area contributed by atoms with Crippen molar-refractivity contribution in [2.24, 2.45) is 5.92 Å². The van der Waals surface area contributed by atoms with E-state index in [0.29, 0.717) is 17.1 Å². The van der Waals surface area contributed by atoms with E-state index in [2.05, 4.69) is 4.74 Å². The normalized spacial score (nSPS) is 22.3. The minimum absolute atomic E-state index is 0.0224. The molecule has 0 aromatic heterocycles. The van der Waals surface area contributed by atoms with Crippen LogP contribution in [0.5, 0.6) is 11.5 Å². The van der Waals surface area contributed by atoms with Crippen LogP contribution in [0.15, 0.2) is 35.4 Å². The Balaban J connectivity index is 2.55. The standard InChI is InChI=1S/C18H19ClF2O5/c1-10-8-13(23-2)14(24-3)9-11(10)16(22)15-12(19)6-5-7-18(15,25-4)26-17(20)21/h5-9,15,17H,1-4H3. The number of hydrogen-bond acceptors (Lipinski definition) is 5. The zero-order valence-corrected chi connectivity index (χ0v) is 15.5. The molecule has 0 N–H and O–H groups in total. The van der Waals surface area contributed by atoms with Crippen LogP contribution in [0.1, 0.15) is 15.9 Å². The number of hydrogen-bond donors (Lipinski definition) is 0. The Morgan fingerprint density at radius 1 is 1.19 bits per heavy atom. The van der Waals surface area contributed by atoms with Crippen molar-refractivity contribution in [2.45, 2.75) is 19.3 Å². The van der Waals surface area contributed by atoms with Gasteiger partial charge in [0.05, 0.1) is 14.2 Å². The molecule has 0 saturated carbocycles. The summed E-state index contributed by atoms with van der Waals surface area (Å²) in [6, 6.07) is 3.09. The van der Waals surface area contributed by atoms with E-state index in [1.807, 2.05) is 0 Å². The van der Waals surface area contributed by atoms with Crippen molar-refractivity contribution in [3.05, 3.63) is 46.5 Å². The monoisotopic (exact) mass is 388 g/mol. The smallest absolute Gasteiger partial charge is 0.347 e. The summed E-state index contributed by atoms with van der Waals surface area (Å²) >= 11 is 6.19. The molecule has 142 valence electrons. The minimum Gasteiger partial charge on any atom is -0.493 e. The highest BCUT2D eigenvalue weighted by Gasteiger charge is 2.48.